The first-order chi connectivity index (χ1) is 8.24. The number of aromatic nitrogens is 2. The lowest BCUT2D eigenvalue weighted by molar-refractivity contribution is 0.357. The fraction of sp³-hybridized carbons (Fsp3) is 0.308. The van der Waals surface area contributed by atoms with E-state index < -0.39 is 0 Å². The summed E-state index contributed by atoms with van der Waals surface area (Å²) in [6.45, 7) is 0.779. The van der Waals surface area contributed by atoms with Gasteiger partial charge in [0.15, 0.2) is 0 Å². The molecule has 0 bridgehead atoms. The molecule has 0 saturated carbocycles. The largest absolute Gasteiger partial charge is 0.493 e. The lowest BCUT2D eigenvalue weighted by Crippen LogP contribution is -2.11. The second kappa shape index (κ2) is 3.89. The maximum Gasteiger partial charge on any atom is 0.122 e. The van der Waals surface area contributed by atoms with Crippen LogP contribution in [-0.4, -0.2) is 16.4 Å². The molecule has 17 heavy (non-hydrogen) atoms. The summed E-state index contributed by atoms with van der Waals surface area (Å²) in [4.78, 5) is 0. The van der Waals surface area contributed by atoms with Crippen molar-refractivity contribution in [3.8, 4) is 5.75 Å². The van der Waals surface area contributed by atoms with Crippen LogP contribution in [-0.2, 0) is 13.5 Å². The van der Waals surface area contributed by atoms with Crippen LogP contribution < -0.4 is 10.5 Å². The topological polar surface area (TPSA) is 53.1 Å². The fourth-order valence-electron chi connectivity index (χ4n) is 2.19. The Morgan fingerprint density at radius 1 is 1.41 bits per heavy atom. The Hall–Kier alpha value is -1.81. The zero-order valence-electron chi connectivity index (χ0n) is 9.76. The summed E-state index contributed by atoms with van der Waals surface area (Å²) >= 11 is 0. The van der Waals surface area contributed by atoms with Crippen molar-refractivity contribution in [2.75, 3.05) is 6.61 Å². The predicted octanol–water partition coefficient (Wildman–Crippen LogP) is 1.40. The quantitative estimate of drug-likeness (QED) is 0.847. The van der Waals surface area contributed by atoms with Gasteiger partial charge in [0.05, 0.1) is 18.8 Å². The Morgan fingerprint density at radius 2 is 2.29 bits per heavy atom. The van der Waals surface area contributed by atoms with Gasteiger partial charge in [-0.05, 0) is 17.2 Å². The highest BCUT2D eigenvalue weighted by Crippen LogP contribution is 2.29. The molecule has 3 rings (SSSR count). The maximum absolute atomic E-state index is 6.23. The standard InChI is InChI=1S/C13H15N3O/c1-16-8-11(7-15-16)13(14)10-2-3-12-9(6-10)4-5-17-12/h2-3,6-8,13H,4-5,14H2,1H3. The molecule has 88 valence electrons. The summed E-state index contributed by atoms with van der Waals surface area (Å²) in [5.74, 6) is 0.993. The van der Waals surface area contributed by atoms with E-state index in [-0.39, 0.29) is 6.04 Å². The molecule has 2 aromatic rings. The minimum atomic E-state index is -0.116. The van der Waals surface area contributed by atoms with E-state index in [0.29, 0.717) is 0 Å². The number of aryl methyl sites for hydroxylation is 1. The summed E-state index contributed by atoms with van der Waals surface area (Å²) in [7, 11) is 1.90. The van der Waals surface area contributed by atoms with Crippen LogP contribution in [0.25, 0.3) is 0 Å². The Kier molecular flexibility index (Phi) is 2.37. The molecule has 1 aromatic heterocycles. The van der Waals surface area contributed by atoms with Gasteiger partial charge in [-0.2, -0.15) is 5.10 Å². The average Bonchev–Trinajstić information content (AvgIpc) is 2.95. The van der Waals surface area contributed by atoms with E-state index in [0.717, 1.165) is 29.9 Å². The van der Waals surface area contributed by atoms with Crippen molar-refractivity contribution in [3.63, 3.8) is 0 Å². The number of nitrogens with two attached hydrogens (primary N) is 1. The van der Waals surface area contributed by atoms with Crippen LogP contribution in [0.15, 0.2) is 30.6 Å². The molecule has 2 heterocycles. The van der Waals surface area contributed by atoms with Crippen molar-refractivity contribution in [1.82, 2.24) is 9.78 Å². The SMILES string of the molecule is Cn1cc(C(N)c2ccc3c(c2)CCO3)cn1. The summed E-state index contributed by atoms with van der Waals surface area (Å²) in [5.41, 5.74) is 9.63. The lowest BCUT2D eigenvalue weighted by Gasteiger charge is -2.11. The minimum absolute atomic E-state index is 0.116. The molecule has 0 amide bonds. The molecule has 0 saturated heterocycles. The molecule has 1 aliphatic heterocycles. The van der Waals surface area contributed by atoms with Gasteiger partial charge < -0.3 is 10.5 Å². The third kappa shape index (κ3) is 1.80. The molecule has 4 nitrogen and oxygen atoms in total. The third-order valence-corrected chi connectivity index (χ3v) is 3.16. The first-order valence-corrected chi connectivity index (χ1v) is 5.74. The number of rotatable bonds is 2. The lowest BCUT2D eigenvalue weighted by atomic mass is 9.99. The number of fused-ring (bicyclic) bond motifs is 1. The predicted molar refractivity (Wildman–Crippen MR) is 64.9 cm³/mol. The van der Waals surface area contributed by atoms with E-state index in [4.69, 9.17) is 10.5 Å². The highest BCUT2D eigenvalue weighted by molar-refractivity contribution is 5.42. The number of nitrogens with zero attached hydrogens (tertiary/aromatic N) is 2. The van der Waals surface area contributed by atoms with Crippen LogP contribution in [0.4, 0.5) is 0 Å². The molecule has 0 fully saturated rings. The Balaban J connectivity index is 1.94. The van der Waals surface area contributed by atoms with Crippen molar-refractivity contribution in [2.45, 2.75) is 12.5 Å². The molecule has 1 unspecified atom stereocenters. The average molecular weight is 229 g/mol. The van der Waals surface area contributed by atoms with Gasteiger partial charge in [-0.25, -0.2) is 0 Å². The van der Waals surface area contributed by atoms with Gasteiger partial charge in [0.25, 0.3) is 0 Å². The number of benzene rings is 1. The molecule has 0 spiro atoms. The maximum atomic E-state index is 6.23. The number of hydrogen-bond donors (Lipinski definition) is 1. The molecular weight excluding hydrogens is 214 g/mol. The van der Waals surface area contributed by atoms with Crippen LogP contribution >= 0.6 is 0 Å². The van der Waals surface area contributed by atoms with E-state index in [1.807, 2.05) is 31.6 Å². The molecule has 2 N–H and O–H groups in total. The molecular formula is C13H15N3O. The second-order valence-electron chi connectivity index (χ2n) is 4.39. The van der Waals surface area contributed by atoms with Crippen molar-refractivity contribution < 1.29 is 4.74 Å². The third-order valence-electron chi connectivity index (χ3n) is 3.16. The van der Waals surface area contributed by atoms with Gasteiger partial charge >= 0.3 is 0 Å². The van der Waals surface area contributed by atoms with Gasteiger partial charge in [0.2, 0.25) is 0 Å². The summed E-state index contributed by atoms with van der Waals surface area (Å²) in [6, 6.07) is 6.06. The first-order valence-electron chi connectivity index (χ1n) is 5.74. The van der Waals surface area contributed by atoms with Gasteiger partial charge in [-0.1, -0.05) is 12.1 Å². The molecule has 1 atom stereocenters. The van der Waals surface area contributed by atoms with Crippen LogP contribution in [0.1, 0.15) is 22.7 Å². The smallest absolute Gasteiger partial charge is 0.122 e. The summed E-state index contributed by atoms with van der Waals surface area (Å²) < 4.78 is 7.26. The summed E-state index contributed by atoms with van der Waals surface area (Å²) in [5, 5.41) is 4.15. The number of hydrogen-bond acceptors (Lipinski definition) is 3. The van der Waals surface area contributed by atoms with Crippen molar-refractivity contribution in [2.24, 2.45) is 12.8 Å². The molecule has 1 aromatic carbocycles. The zero-order valence-corrected chi connectivity index (χ0v) is 9.76. The van der Waals surface area contributed by atoms with Crippen molar-refractivity contribution in [3.05, 3.63) is 47.3 Å². The Bertz CT molecular complexity index is 547. The van der Waals surface area contributed by atoms with E-state index >= 15 is 0 Å². The van der Waals surface area contributed by atoms with Gasteiger partial charge in [0.1, 0.15) is 5.75 Å². The molecule has 1 aliphatic rings. The zero-order chi connectivity index (χ0) is 11.8. The highest BCUT2D eigenvalue weighted by Gasteiger charge is 2.16. The van der Waals surface area contributed by atoms with Crippen molar-refractivity contribution >= 4 is 0 Å². The van der Waals surface area contributed by atoms with E-state index in [1.165, 1.54) is 5.56 Å². The molecule has 4 heteroatoms. The first kappa shape index (κ1) is 10.4. The van der Waals surface area contributed by atoms with Crippen molar-refractivity contribution in [1.29, 1.82) is 0 Å². The molecule has 0 aliphatic carbocycles. The highest BCUT2D eigenvalue weighted by atomic mass is 16.5. The Morgan fingerprint density at radius 3 is 3.06 bits per heavy atom. The normalized spacial score (nSPS) is 15.4. The number of ether oxygens (including phenoxy) is 1. The van der Waals surface area contributed by atoms with E-state index in [1.54, 1.807) is 4.68 Å². The van der Waals surface area contributed by atoms with Crippen LogP contribution in [0, 0.1) is 0 Å². The van der Waals surface area contributed by atoms with E-state index in [9.17, 15) is 0 Å². The van der Waals surface area contributed by atoms with Crippen LogP contribution in [0.5, 0.6) is 5.75 Å². The van der Waals surface area contributed by atoms with E-state index in [2.05, 4.69) is 11.2 Å². The second-order valence-corrected chi connectivity index (χ2v) is 4.39. The van der Waals surface area contributed by atoms with Gasteiger partial charge in [-0.15, -0.1) is 0 Å². The van der Waals surface area contributed by atoms with Gasteiger partial charge in [0, 0.05) is 25.2 Å². The summed E-state index contributed by atoms with van der Waals surface area (Å²) in [6.07, 6.45) is 4.74. The van der Waals surface area contributed by atoms with Gasteiger partial charge in [-0.3, -0.25) is 4.68 Å². The fourth-order valence-corrected chi connectivity index (χ4v) is 2.19. The molecule has 0 radical (unpaired) electrons. The minimum Gasteiger partial charge on any atom is -0.493 e. The Labute approximate surface area is 100 Å². The monoisotopic (exact) mass is 229 g/mol. The van der Waals surface area contributed by atoms with Crippen LogP contribution in [0.3, 0.4) is 0 Å². The van der Waals surface area contributed by atoms with Crippen LogP contribution in [0.2, 0.25) is 0 Å².